The molecule has 3 nitrogen and oxygen atoms in total. The van der Waals surface area contributed by atoms with Crippen molar-refractivity contribution in [3.63, 3.8) is 0 Å². The number of carbonyl (C=O) groups is 1. The third-order valence-electron chi connectivity index (χ3n) is 2.15. The number of benzene rings is 1. The second kappa shape index (κ2) is 3.31. The Morgan fingerprint density at radius 2 is 2.20 bits per heavy atom. The van der Waals surface area contributed by atoms with Gasteiger partial charge >= 0.3 is 5.97 Å². The number of nitrogens with zero attached hydrogens (tertiary/aromatic N) is 1. The van der Waals surface area contributed by atoms with E-state index in [1.165, 1.54) is 18.2 Å². The highest BCUT2D eigenvalue weighted by Crippen LogP contribution is 2.20. The minimum Gasteiger partial charge on any atom is -0.478 e. The van der Waals surface area contributed by atoms with E-state index in [2.05, 4.69) is 4.98 Å². The molecule has 0 aliphatic carbocycles. The Morgan fingerprint density at radius 1 is 1.47 bits per heavy atom. The number of halogens is 1. The van der Waals surface area contributed by atoms with Gasteiger partial charge < -0.3 is 5.11 Å². The topological polar surface area (TPSA) is 50.2 Å². The van der Waals surface area contributed by atoms with E-state index in [1.807, 2.05) is 0 Å². The zero-order valence-corrected chi connectivity index (χ0v) is 7.99. The molecule has 2 aromatic rings. The molecule has 2 rings (SSSR count). The maximum Gasteiger partial charge on any atom is 0.336 e. The van der Waals surface area contributed by atoms with Crippen LogP contribution in [-0.4, -0.2) is 16.1 Å². The Bertz CT molecular complexity index is 552. The van der Waals surface area contributed by atoms with E-state index in [4.69, 9.17) is 5.11 Å². The predicted molar refractivity (Wildman–Crippen MR) is 53.4 cm³/mol. The summed E-state index contributed by atoms with van der Waals surface area (Å²) in [7, 11) is 0. The second-order valence-corrected chi connectivity index (χ2v) is 3.25. The zero-order valence-electron chi connectivity index (χ0n) is 7.99. The molecule has 0 aliphatic heterocycles. The Morgan fingerprint density at radius 3 is 2.87 bits per heavy atom. The lowest BCUT2D eigenvalue weighted by Gasteiger charge is -2.04. The number of para-hydroxylation sites is 1. The molecule has 0 saturated heterocycles. The number of aryl methyl sites for hydroxylation is 1. The lowest BCUT2D eigenvalue weighted by atomic mass is 10.1. The fourth-order valence-corrected chi connectivity index (χ4v) is 1.52. The van der Waals surface area contributed by atoms with E-state index in [-0.39, 0.29) is 11.1 Å². The number of aromatic carboxylic acids is 1. The number of hydrogen-bond donors (Lipinski definition) is 1. The highest BCUT2D eigenvalue weighted by atomic mass is 19.1. The Labute approximate surface area is 85.2 Å². The van der Waals surface area contributed by atoms with Crippen molar-refractivity contribution in [3.05, 3.63) is 41.3 Å². The van der Waals surface area contributed by atoms with Gasteiger partial charge in [0.2, 0.25) is 0 Å². The SMILES string of the molecule is Cc1cc(C(=O)O)c2cccc(F)c2n1. The maximum atomic E-state index is 13.4. The summed E-state index contributed by atoms with van der Waals surface area (Å²) >= 11 is 0. The van der Waals surface area contributed by atoms with Gasteiger partial charge in [0.15, 0.2) is 0 Å². The lowest BCUT2D eigenvalue weighted by molar-refractivity contribution is 0.0699. The van der Waals surface area contributed by atoms with Crippen LogP contribution in [-0.2, 0) is 0 Å². The summed E-state index contributed by atoms with van der Waals surface area (Å²) in [4.78, 5) is 14.9. The Kier molecular flexibility index (Phi) is 2.11. The van der Waals surface area contributed by atoms with Gasteiger partial charge in [-0.2, -0.15) is 0 Å². The summed E-state index contributed by atoms with van der Waals surface area (Å²) in [6, 6.07) is 5.72. The van der Waals surface area contributed by atoms with E-state index >= 15 is 0 Å². The van der Waals surface area contributed by atoms with Crippen LogP contribution in [0.4, 0.5) is 4.39 Å². The quantitative estimate of drug-likeness (QED) is 0.777. The molecule has 1 aromatic heterocycles. The molecule has 0 amide bonds. The molecule has 0 radical (unpaired) electrons. The first kappa shape index (κ1) is 9.58. The molecular formula is C11H8FNO2. The molecular weight excluding hydrogens is 197 g/mol. The third kappa shape index (κ3) is 1.54. The van der Waals surface area contributed by atoms with Gasteiger partial charge in [0.25, 0.3) is 0 Å². The molecule has 76 valence electrons. The fraction of sp³-hybridized carbons (Fsp3) is 0.0909. The van der Waals surface area contributed by atoms with Gasteiger partial charge in [-0.1, -0.05) is 12.1 Å². The summed E-state index contributed by atoms with van der Waals surface area (Å²) in [5, 5.41) is 9.27. The van der Waals surface area contributed by atoms with Gasteiger partial charge in [0, 0.05) is 11.1 Å². The van der Waals surface area contributed by atoms with E-state index in [0.29, 0.717) is 11.1 Å². The molecule has 1 aromatic carbocycles. The van der Waals surface area contributed by atoms with E-state index in [9.17, 15) is 9.18 Å². The van der Waals surface area contributed by atoms with Crippen molar-refractivity contribution in [3.8, 4) is 0 Å². The van der Waals surface area contributed by atoms with Gasteiger partial charge in [-0.3, -0.25) is 0 Å². The van der Waals surface area contributed by atoms with Gasteiger partial charge in [0.1, 0.15) is 11.3 Å². The molecule has 1 heterocycles. The molecule has 0 spiro atoms. The van der Waals surface area contributed by atoms with Crippen molar-refractivity contribution >= 4 is 16.9 Å². The molecule has 0 aliphatic rings. The molecule has 0 bridgehead atoms. The van der Waals surface area contributed by atoms with Crippen molar-refractivity contribution in [2.45, 2.75) is 6.92 Å². The van der Waals surface area contributed by atoms with Crippen LogP contribution in [0.25, 0.3) is 10.9 Å². The predicted octanol–water partition coefficient (Wildman–Crippen LogP) is 2.38. The summed E-state index contributed by atoms with van der Waals surface area (Å²) in [6.45, 7) is 1.64. The van der Waals surface area contributed by atoms with Gasteiger partial charge in [-0.15, -0.1) is 0 Å². The number of pyridine rings is 1. The Hall–Kier alpha value is -1.97. The van der Waals surface area contributed by atoms with E-state index in [0.717, 1.165) is 0 Å². The Balaban J connectivity index is 2.92. The first-order chi connectivity index (χ1) is 7.09. The van der Waals surface area contributed by atoms with Crippen LogP contribution in [0, 0.1) is 12.7 Å². The summed E-state index contributed by atoms with van der Waals surface area (Å²) < 4.78 is 13.4. The number of fused-ring (bicyclic) bond motifs is 1. The number of rotatable bonds is 1. The molecule has 15 heavy (non-hydrogen) atoms. The average molecular weight is 205 g/mol. The van der Waals surface area contributed by atoms with Gasteiger partial charge in [-0.05, 0) is 19.1 Å². The lowest BCUT2D eigenvalue weighted by Crippen LogP contribution is -2.01. The first-order valence-electron chi connectivity index (χ1n) is 4.39. The number of aromatic nitrogens is 1. The normalized spacial score (nSPS) is 10.5. The molecule has 1 N–H and O–H groups in total. The highest BCUT2D eigenvalue weighted by Gasteiger charge is 2.12. The van der Waals surface area contributed by atoms with Crippen LogP contribution in [0.5, 0.6) is 0 Å². The van der Waals surface area contributed by atoms with Crippen molar-refractivity contribution in [1.82, 2.24) is 4.98 Å². The van der Waals surface area contributed by atoms with Crippen LogP contribution >= 0.6 is 0 Å². The number of hydrogen-bond acceptors (Lipinski definition) is 2. The summed E-state index contributed by atoms with van der Waals surface area (Å²) in [5.41, 5.74) is 0.678. The largest absolute Gasteiger partial charge is 0.478 e. The summed E-state index contributed by atoms with van der Waals surface area (Å²) in [5.74, 6) is -1.57. The van der Waals surface area contributed by atoms with Gasteiger partial charge in [0.05, 0.1) is 5.56 Å². The van der Waals surface area contributed by atoms with Crippen LogP contribution < -0.4 is 0 Å². The molecule has 4 heteroatoms. The number of carboxylic acids is 1. The first-order valence-corrected chi connectivity index (χ1v) is 4.39. The molecule has 0 unspecified atom stereocenters. The van der Waals surface area contributed by atoms with Crippen LogP contribution in [0.15, 0.2) is 24.3 Å². The second-order valence-electron chi connectivity index (χ2n) is 3.25. The van der Waals surface area contributed by atoms with Crippen molar-refractivity contribution in [1.29, 1.82) is 0 Å². The molecule has 0 fully saturated rings. The van der Waals surface area contributed by atoms with E-state index in [1.54, 1.807) is 13.0 Å². The molecule has 0 saturated carbocycles. The average Bonchev–Trinajstić information content (AvgIpc) is 2.18. The highest BCUT2D eigenvalue weighted by molar-refractivity contribution is 6.02. The van der Waals surface area contributed by atoms with Crippen molar-refractivity contribution in [2.75, 3.05) is 0 Å². The van der Waals surface area contributed by atoms with Crippen LogP contribution in [0.1, 0.15) is 16.1 Å². The minimum atomic E-state index is -1.07. The fourth-order valence-electron chi connectivity index (χ4n) is 1.52. The maximum absolute atomic E-state index is 13.4. The third-order valence-corrected chi connectivity index (χ3v) is 2.15. The van der Waals surface area contributed by atoms with Crippen LogP contribution in [0.3, 0.4) is 0 Å². The smallest absolute Gasteiger partial charge is 0.336 e. The monoisotopic (exact) mass is 205 g/mol. The minimum absolute atomic E-state index is 0.0806. The number of carboxylic acid groups (broad SMARTS) is 1. The molecule has 0 atom stereocenters. The summed E-state index contributed by atoms with van der Waals surface area (Å²) in [6.07, 6.45) is 0. The standard InChI is InChI=1S/C11H8FNO2/c1-6-5-8(11(14)15)7-3-2-4-9(12)10(7)13-6/h2-5H,1H3,(H,14,15). The van der Waals surface area contributed by atoms with Gasteiger partial charge in [-0.25, -0.2) is 14.2 Å². The van der Waals surface area contributed by atoms with E-state index < -0.39 is 11.8 Å². The van der Waals surface area contributed by atoms with Crippen molar-refractivity contribution < 1.29 is 14.3 Å². The zero-order chi connectivity index (χ0) is 11.0. The van der Waals surface area contributed by atoms with Crippen LogP contribution in [0.2, 0.25) is 0 Å². The van der Waals surface area contributed by atoms with Crippen molar-refractivity contribution in [2.24, 2.45) is 0 Å².